The molecule has 0 aliphatic rings. The number of amides is 1. The van der Waals surface area contributed by atoms with Crippen LogP contribution in [-0.4, -0.2) is 32.2 Å². The Morgan fingerprint density at radius 3 is 2.41 bits per heavy atom. The number of nitrogens with one attached hydrogen (secondary N) is 1. The summed E-state index contributed by atoms with van der Waals surface area (Å²) in [6.07, 6.45) is 0. The second-order valence-corrected chi connectivity index (χ2v) is 8.17. The molecule has 3 aromatic rings. The largest absolute Gasteiger partial charge is 0.351 e. The van der Waals surface area contributed by atoms with Gasteiger partial charge in [-0.1, -0.05) is 42.5 Å². The van der Waals surface area contributed by atoms with E-state index in [1.807, 2.05) is 42.5 Å². The van der Waals surface area contributed by atoms with E-state index in [2.05, 4.69) is 5.32 Å². The van der Waals surface area contributed by atoms with Gasteiger partial charge >= 0.3 is 0 Å². The monoisotopic (exact) mass is 386 g/mol. The SMILES string of the molecule is CN(CC(=O)NCc1cccc2ccccc12)S(=O)(=O)c1ccc(F)cc1. The Morgan fingerprint density at radius 1 is 1.00 bits per heavy atom. The summed E-state index contributed by atoms with van der Waals surface area (Å²) in [5.41, 5.74) is 0.950. The van der Waals surface area contributed by atoms with Gasteiger partial charge in [-0.25, -0.2) is 12.8 Å². The third-order valence-electron chi connectivity index (χ3n) is 4.24. The number of carbonyl (C=O) groups is 1. The van der Waals surface area contributed by atoms with Gasteiger partial charge < -0.3 is 5.32 Å². The fourth-order valence-corrected chi connectivity index (χ4v) is 3.90. The van der Waals surface area contributed by atoms with E-state index < -0.39 is 21.7 Å². The summed E-state index contributed by atoms with van der Waals surface area (Å²) < 4.78 is 38.8. The fraction of sp³-hybridized carbons (Fsp3) is 0.150. The van der Waals surface area contributed by atoms with Gasteiger partial charge in [0.2, 0.25) is 15.9 Å². The van der Waals surface area contributed by atoms with Crippen molar-refractivity contribution >= 4 is 26.7 Å². The van der Waals surface area contributed by atoms with Crippen LogP contribution in [0.4, 0.5) is 4.39 Å². The van der Waals surface area contributed by atoms with Crippen LogP contribution in [0.1, 0.15) is 5.56 Å². The highest BCUT2D eigenvalue weighted by Crippen LogP contribution is 2.18. The molecule has 0 atom stereocenters. The second kappa shape index (κ2) is 7.85. The lowest BCUT2D eigenvalue weighted by Crippen LogP contribution is -2.38. The molecule has 0 bridgehead atoms. The number of hydrogen-bond donors (Lipinski definition) is 1. The van der Waals surface area contributed by atoms with Crippen LogP contribution in [0.2, 0.25) is 0 Å². The minimum atomic E-state index is -3.86. The van der Waals surface area contributed by atoms with Gasteiger partial charge in [-0.15, -0.1) is 0 Å². The Bertz CT molecular complexity index is 1060. The molecule has 3 aromatic carbocycles. The highest BCUT2D eigenvalue weighted by molar-refractivity contribution is 7.89. The van der Waals surface area contributed by atoms with Gasteiger partial charge in [-0.3, -0.25) is 4.79 Å². The van der Waals surface area contributed by atoms with Crippen molar-refractivity contribution in [3.8, 4) is 0 Å². The Balaban J connectivity index is 1.65. The van der Waals surface area contributed by atoms with Crippen LogP contribution in [0.5, 0.6) is 0 Å². The summed E-state index contributed by atoms with van der Waals surface area (Å²) >= 11 is 0. The fourth-order valence-electron chi connectivity index (χ4n) is 2.77. The topological polar surface area (TPSA) is 66.5 Å². The summed E-state index contributed by atoms with van der Waals surface area (Å²) in [5.74, 6) is -0.944. The van der Waals surface area contributed by atoms with E-state index >= 15 is 0 Å². The number of fused-ring (bicyclic) bond motifs is 1. The molecule has 1 N–H and O–H groups in total. The molecular weight excluding hydrogens is 367 g/mol. The van der Waals surface area contributed by atoms with E-state index in [-0.39, 0.29) is 11.4 Å². The van der Waals surface area contributed by atoms with Crippen LogP contribution in [0.25, 0.3) is 10.8 Å². The normalized spacial score (nSPS) is 11.7. The molecule has 0 aliphatic heterocycles. The molecule has 0 aliphatic carbocycles. The summed E-state index contributed by atoms with van der Waals surface area (Å²) in [7, 11) is -2.55. The van der Waals surface area contributed by atoms with Crippen LogP contribution >= 0.6 is 0 Å². The third-order valence-corrected chi connectivity index (χ3v) is 6.06. The second-order valence-electron chi connectivity index (χ2n) is 6.13. The van der Waals surface area contributed by atoms with Gasteiger partial charge in [0.1, 0.15) is 5.82 Å². The number of likely N-dealkylation sites (N-methyl/N-ethyl adjacent to an activating group) is 1. The van der Waals surface area contributed by atoms with Crippen LogP contribution in [0.15, 0.2) is 71.6 Å². The zero-order valence-electron chi connectivity index (χ0n) is 14.7. The van der Waals surface area contributed by atoms with Gasteiger partial charge in [-0.05, 0) is 40.6 Å². The molecule has 0 spiro atoms. The summed E-state index contributed by atoms with van der Waals surface area (Å²) in [5, 5.41) is 4.85. The van der Waals surface area contributed by atoms with Crippen molar-refractivity contribution in [3.63, 3.8) is 0 Å². The minimum Gasteiger partial charge on any atom is -0.351 e. The molecule has 0 saturated heterocycles. The Hall–Kier alpha value is -2.77. The summed E-state index contributed by atoms with van der Waals surface area (Å²) in [6, 6.07) is 18.1. The van der Waals surface area contributed by atoms with E-state index in [9.17, 15) is 17.6 Å². The van der Waals surface area contributed by atoms with Crippen molar-refractivity contribution in [2.75, 3.05) is 13.6 Å². The predicted octanol–water partition coefficient (Wildman–Crippen LogP) is 2.92. The highest BCUT2D eigenvalue weighted by Gasteiger charge is 2.22. The lowest BCUT2D eigenvalue weighted by molar-refractivity contribution is -0.121. The number of sulfonamides is 1. The molecule has 0 fully saturated rings. The van der Waals surface area contributed by atoms with Crippen LogP contribution in [0, 0.1) is 5.82 Å². The van der Waals surface area contributed by atoms with Crippen molar-refractivity contribution < 1.29 is 17.6 Å². The van der Waals surface area contributed by atoms with E-state index in [1.165, 1.54) is 19.2 Å². The van der Waals surface area contributed by atoms with Crippen LogP contribution in [-0.2, 0) is 21.4 Å². The van der Waals surface area contributed by atoms with E-state index in [4.69, 9.17) is 0 Å². The van der Waals surface area contributed by atoms with Crippen LogP contribution in [0.3, 0.4) is 0 Å². The van der Waals surface area contributed by atoms with Crippen molar-refractivity contribution in [1.82, 2.24) is 9.62 Å². The lowest BCUT2D eigenvalue weighted by atomic mass is 10.0. The van der Waals surface area contributed by atoms with E-state index in [1.54, 1.807) is 0 Å². The molecule has 3 rings (SSSR count). The number of benzene rings is 3. The predicted molar refractivity (Wildman–Crippen MR) is 102 cm³/mol. The van der Waals surface area contributed by atoms with Gasteiger partial charge in [-0.2, -0.15) is 4.31 Å². The molecule has 5 nitrogen and oxygen atoms in total. The van der Waals surface area contributed by atoms with E-state index in [0.717, 1.165) is 32.8 Å². The Morgan fingerprint density at radius 2 is 1.67 bits per heavy atom. The number of nitrogens with zero attached hydrogens (tertiary/aromatic N) is 1. The smallest absolute Gasteiger partial charge is 0.243 e. The van der Waals surface area contributed by atoms with Crippen molar-refractivity contribution in [2.45, 2.75) is 11.4 Å². The van der Waals surface area contributed by atoms with Gasteiger partial charge in [0, 0.05) is 13.6 Å². The first-order chi connectivity index (χ1) is 12.9. The van der Waals surface area contributed by atoms with Gasteiger partial charge in [0.05, 0.1) is 11.4 Å². The molecule has 7 heteroatoms. The third kappa shape index (κ3) is 4.32. The molecule has 0 saturated carbocycles. The Kier molecular flexibility index (Phi) is 5.53. The highest BCUT2D eigenvalue weighted by atomic mass is 32.2. The molecule has 140 valence electrons. The first-order valence-corrected chi connectivity index (χ1v) is 9.77. The molecule has 0 radical (unpaired) electrons. The quantitative estimate of drug-likeness (QED) is 0.708. The average molecular weight is 386 g/mol. The van der Waals surface area contributed by atoms with E-state index in [0.29, 0.717) is 6.54 Å². The maximum absolute atomic E-state index is 13.0. The van der Waals surface area contributed by atoms with Crippen molar-refractivity contribution in [1.29, 1.82) is 0 Å². The zero-order valence-corrected chi connectivity index (χ0v) is 15.5. The lowest BCUT2D eigenvalue weighted by Gasteiger charge is -2.17. The van der Waals surface area contributed by atoms with Crippen LogP contribution < -0.4 is 5.32 Å². The van der Waals surface area contributed by atoms with Gasteiger partial charge in [0.15, 0.2) is 0 Å². The number of halogens is 1. The summed E-state index contributed by atoms with van der Waals surface area (Å²) in [6.45, 7) is -0.0326. The van der Waals surface area contributed by atoms with Crippen molar-refractivity contribution in [3.05, 3.63) is 78.1 Å². The average Bonchev–Trinajstić information content (AvgIpc) is 2.66. The van der Waals surface area contributed by atoms with Gasteiger partial charge in [0.25, 0.3) is 0 Å². The molecule has 0 unspecified atom stereocenters. The standard InChI is InChI=1S/C20H19FN2O3S/c1-23(27(25,26)18-11-9-17(21)10-12-18)14-20(24)22-13-16-7-4-6-15-5-2-3-8-19(15)16/h2-12H,13-14H2,1H3,(H,22,24). The van der Waals surface area contributed by atoms with Crippen molar-refractivity contribution in [2.24, 2.45) is 0 Å². The molecular formula is C20H19FN2O3S. The Labute approximate surface area is 157 Å². The number of hydrogen-bond acceptors (Lipinski definition) is 3. The molecule has 0 heterocycles. The molecule has 1 amide bonds. The minimum absolute atomic E-state index is 0.0618. The molecule has 0 aromatic heterocycles. The zero-order chi connectivity index (χ0) is 19.4. The first-order valence-electron chi connectivity index (χ1n) is 8.33. The first kappa shape index (κ1) is 19.0. The summed E-state index contributed by atoms with van der Waals surface area (Å²) in [4.78, 5) is 12.2. The maximum atomic E-state index is 13.0. The number of carbonyl (C=O) groups excluding carboxylic acids is 1. The maximum Gasteiger partial charge on any atom is 0.243 e. The number of rotatable bonds is 6. The molecule has 27 heavy (non-hydrogen) atoms.